The normalized spacial score (nSPS) is 10.3. The first-order valence-electron chi connectivity index (χ1n) is 7.72. The molecule has 0 bridgehead atoms. The van der Waals surface area contributed by atoms with Gasteiger partial charge in [-0.1, -0.05) is 30.3 Å². The zero-order chi connectivity index (χ0) is 17.6. The minimum atomic E-state index is -0.219. The van der Waals surface area contributed by atoms with Crippen LogP contribution in [0.1, 0.15) is 16.1 Å². The second-order valence-electron chi connectivity index (χ2n) is 5.23. The Labute approximate surface area is 150 Å². The largest absolute Gasteiger partial charge is 0.496 e. The summed E-state index contributed by atoms with van der Waals surface area (Å²) in [5.74, 6) is 1.26. The topological polar surface area (TPSA) is 60.5 Å². The maximum Gasteiger partial charge on any atom is 0.271 e. The monoisotopic (exact) mass is 354 g/mol. The number of para-hydroxylation sites is 2. The van der Waals surface area contributed by atoms with E-state index in [1.54, 1.807) is 19.6 Å². The van der Waals surface area contributed by atoms with Gasteiger partial charge in [-0.05, 0) is 18.2 Å². The molecule has 0 saturated carbocycles. The van der Waals surface area contributed by atoms with Crippen molar-refractivity contribution >= 4 is 17.2 Å². The van der Waals surface area contributed by atoms with Crippen molar-refractivity contribution in [2.45, 2.75) is 6.54 Å². The number of ether oxygens (including phenoxy) is 2. The molecule has 128 valence electrons. The van der Waals surface area contributed by atoms with Crippen LogP contribution in [0.5, 0.6) is 11.5 Å². The van der Waals surface area contributed by atoms with Crippen LogP contribution in [-0.2, 0) is 6.54 Å². The summed E-state index contributed by atoms with van der Waals surface area (Å²) < 4.78 is 10.6. The van der Waals surface area contributed by atoms with E-state index in [4.69, 9.17) is 9.47 Å². The fourth-order valence-electron chi connectivity index (χ4n) is 2.44. The number of carbonyl (C=O) groups is 1. The number of methoxy groups -OCH3 is 2. The van der Waals surface area contributed by atoms with Crippen LogP contribution >= 0.6 is 11.3 Å². The van der Waals surface area contributed by atoms with Gasteiger partial charge >= 0.3 is 0 Å². The highest BCUT2D eigenvalue weighted by Crippen LogP contribution is 2.31. The zero-order valence-electron chi connectivity index (χ0n) is 14.0. The average molecular weight is 354 g/mol. The molecule has 2 aromatic carbocycles. The molecule has 0 fully saturated rings. The third-order valence-corrected chi connectivity index (χ3v) is 4.58. The van der Waals surface area contributed by atoms with E-state index >= 15 is 0 Å². The molecule has 1 N–H and O–H groups in total. The van der Waals surface area contributed by atoms with Crippen molar-refractivity contribution in [3.8, 4) is 22.1 Å². The number of benzene rings is 2. The Morgan fingerprint density at radius 2 is 1.72 bits per heavy atom. The number of thiazole rings is 1. The van der Waals surface area contributed by atoms with Crippen molar-refractivity contribution in [2.75, 3.05) is 14.2 Å². The molecule has 5 nitrogen and oxygen atoms in total. The van der Waals surface area contributed by atoms with Crippen LogP contribution in [0.4, 0.5) is 0 Å². The summed E-state index contributed by atoms with van der Waals surface area (Å²) in [5.41, 5.74) is 2.18. The first-order chi connectivity index (χ1) is 12.2. The van der Waals surface area contributed by atoms with Crippen LogP contribution in [0, 0.1) is 0 Å². The van der Waals surface area contributed by atoms with E-state index in [0.717, 1.165) is 27.6 Å². The first kappa shape index (κ1) is 17.0. The summed E-state index contributed by atoms with van der Waals surface area (Å²) in [6.07, 6.45) is 0. The van der Waals surface area contributed by atoms with Crippen LogP contribution < -0.4 is 14.8 Å². The summed E-state index contributed by atoms with van der Waals surface area (Å²) in [7, 11) is 3.23. The minimum absolute atomic E-state index is 0.219. The van der Waals surface area contributed by atoms with E-state index in [-0.39, 0.29) is 5.91 Å². The molecule has 0 aliphatic rings. The molecule has 0 spiro atoms. The summed E-state index contributed by atoms with van der Waals surface area (Å²) in [5, 5.41) is 5.38. The van der Waals surface area contributed by atoms with Crippen LogP contribution in [0.3, 0.4) is 0 Å². The standard InChI is InChI=1S/C19H18N2O3S/c1-23-16-9-5-3-7-13(16)11-20-18(22)15-12-25-19(21-15)14-8-4-6-10-17(14)24-2/h3-10,12H,11H2,1-2H3,(H,20,22). The molecule has 0 unspecified atom stereocenters. The van der Waals surface area contributed by atoms with Gasteiger partial charge in [0.2, 0.25) is 0 Å². The maximum absolute atomic E-state index is 12.4. The number of nitrogens with one attached hydrogen (secondary N) is 1. The number of hydrogen-bond donors (Lipinski definition) is 1. The molecular formula is C19H18N2O3S. The maximum atomic E-state index is 12.4. The average Bonchev–Trinajstić information content (AvgIpc) is 3.16. The molecule has 0 radical (unpaired) electrons. The van der Waals surface area contributed by atoms with Gasteiger partial charge in [0, 0.05) is 17.5 Å². The highest BCUT2D eigenvalue weighted by atomic mass is 32.1. The van der Waals surface area contributed by atoms with Crippen LogP contribution in [0.25, 0.3) is 10.6 Å². The lowest BCUT2D eigenvalue weighted by Crippen LogP contribution is -2.23. The Morgan fingerprint density at radius 3 is 2.48 bits per heavy atom. The third-order valence-electron chi connectivity index (χ3n) is 3.71. The van der Waals surface area contributed by atoms with Gasteiger partial charge < -0.3 is 14.8 Å². The third kappa shape index (κ3) is 3.80. The molecule has 3 aromatic rings. The SMILES string of the molecule is COc1ccccc1CNC(=O)c1csc(-c2ccccc2OC)n1. The highest BCUT2D eigenvalue weighted by molar-refractivity contribution is 7.13. The fourth-order valence-corrected chi connectivity index (χ4v) is 3.27. The van der Waals surface area contributed by atoms with E-state index in [2.05, 4.69) is 10.3 Å². The van der Waals surface area contributed by atoms with Gasteiger partial charge in [0.25, 0.3) is 5.91 Å². The Morgan fingerprint density at radius 1 is 1.04 bits per heavy atom. The van der Waals surface area contributed by atoms with Crippen molar-refractivity contribution < 1.29 is 14.3 Å². The number of hydrogen-bond acceptors (Lipinski definition) is 5. The quantitative estimate of drug-likeness (QED) is 0.732. The number of nitrogens with zero attached hydrogens (tertiary/aromatic N) is 1. The summed E-state index contributed by atoms with van der Waals surface area (Å²) in [6.45, 7) is 0.379. The second-order valence-corrected chi connectivity index (χ2v) is 6.09. The van der Waals surface area contributed by atoms with Crippen molar-refractivity contribution in [3.63, 3.8) is 0 Å². The Balaban J connectivity index is 1.73. The van der Waals surface area contributed by atoms with Gasteiger partial charge in [0.05, 0.1) is 19.8 Å². The van der Waals surface area contributed by atoms with E-state index < -0.39 is 0 Å². The van der Waals surface area contributed by atoms with Gasteiger partial charge in [0.1, 0.15) is 22.2 Å². The molecule has 0 aliphatic heterocycles. The number of amides is 1. The number of carbonyl (C=O) groups excluding carboxylic acids is 1. The Kier molecular flexibility index (Phi) is 5.30. The Bertz CT molecular complexity index is 876. The van der Waals surface area contributed by atoms with Crippen molar-refractivity contribution in [1.29, 1.82) is 0 Å². The van der Waals surface area contributed by atoms with Gasteiger partial charge in [-0.3, -0.25) is 4.79 Å². The van der Waals surface area contributed by atoms with E-state index in [9.17, 15) is 4.79 Å². The van der Waals surface area contributed by atoms with Gasteiger partial charge in [-0.2, -0.15) is 0 Å². The molecule has 1 heterocycles. The molecule has 25 heavy (non-hydrogen) atoms. The van der Waals surface area contributed by atoms with E-state index in [1.165, 1.54) is 11.3 Å². The predicted molar refractivity (Wildman–Crippen MR) is 98.3 cm³/mol. The summed E-state index contributed by atoms with van der Waals surface area (Å²) >= 11 is 1.41. The van der Waals surface area contributed by atoms with Crippen LogP contribution in [0.15, 0.2) is 53.9 Å². The van der Waals surface area contributed by atoms with E-state index in [1.807, 2.05) is 48.5 Å². The minimum Gasteiger partial charge on any atom is -0.496 e. The van der Waals surface area contributed by atoms with Crippen molar-refractivity contribution in [2.24, 2.45) is 0 Å². The van der Waals surface area contributed by atoms with Gasteiger partial charge in [0.15, 0.2) is 0 Å². The van der Waals surface area contributed by atoms with Gasteiger partial charge in [-0.15, -0.1) is 11.3 Å². The molecular weight excluding hydrogens is 336 g/mol. The molecule has 0 saturated heterocycles. The first-order valence-corrected chi connectivity index (χ1v) is 8.60. The van der Waals surface area contributed by atoms with Crippen LogP contribution in [0.2, 0.25) is 0 Å². The lowest BCUT2D eigenvalue weighted by molar-refractivity contribution is 0.0946. The van der Waals surface area contributed by atoms with Crippen LogP contribution in [-0.4, -0.2) is 25.1 Å². The summed E-state index contributed by atoms with van der Waals surface area (Å²) in [6, 6.07) is 15.2. The lowest BCUT2D eigenvalue weighted by atomic mass is 10.2. The lowest BCUT2D eigenvalue weighted by Gasteiger charge is -2.08. The van der Waals surface area contributed by atoms with Crippen molar-refractivity contribution in [1.82, 2.24) is 10.3 Å². The zero-order valence-corrected chi connectivity index (χ0v) is 14.8. The smallest absolute Gasteiger partial charge is 0.271 e. The summed E-state index contributed by atoms with van der Waals surface area (Å²) in [4.78, 5) is 16.8. The second kappa shape index (κ2) is 7.81. The van der Waals surface area contributed by atoms with Gasteiger partial charge in [-0.25, -0.2) is 4.98 Å². The van der Waals surface area contributed by atoms with Crippen molar-refractivity contribution in [3.05, 3.63) is 65.2 Å². The molecule has 0 atom stereocenters. The molecule has 1 amide bonds. The number of rotatable bonds is 6. The Hall–Kier alpha value is -2.86. The molecule has 3 rings (SSSR count). The molecule has 1 aromatic heterocycles. The number of aromatic nitrogens is 1. The predicted octanol–water partition coefficient (Wildman–Crippen LogP) is 3.76. The fraction of sp³-hybridized carbons (Fsp3) is 0.158. The highest BCUT2D eigenvalue weighted by Gasteiger charge is 2.14. The molecule has 0 aliphatic carbocycles. The molecule has 6 heteroatoms. The van der Waals surface area contributed by atoms with E-state index in [0.29, 0.717) is 12.2 Å².